The molecule has 0 aliphatic carbocycles. The van der Waals surface area contributed by atoms with E-state index in [9.17, 15) is 4.79 Å². The largest absolute Gasteiger partial charge is 0.497 e. The molecule has 0 aliphatic rings. The van der Waals surface area contributed by atoms with E-state index < -0.39 is 0 Å². The number of nitrogens with two attached hydrogens (primary N) is 1. The second kappa shape index (κ2) is 6.51. The molecule has 2 amide bonds. The monoisotopic (exact) mass is 287 g/mol. The van der Waals surface area contributed by atoms with E-state index in [4.69, 9.17) is 15.2 Å². The Morgan fingerprint density at radius 2 is 1.71 bits per heavy atom. The first kappa shape index (κ1) is 14.5. The number of methoxy groups -OCH3 is 2. The summed E-state index contributed by atoms with van der Waals surface area (Å²) >= 11 is 0. The van der Waals surface area contributed by atoms with Crippen molar-refractivity contribution in [1.29, 1.82) is 0 Å². The molecule has 0 spiro atoms. The van der Waals surface area contributed by atoms with Gasteiger partial charge in [-0.25, -0.2) is 4.79 Å². The second-order valence-electron chi connectivity index (χ2n) is 4.27. The van der Waals surface area contributed by atoms with Gasteiger partial charge in [0, 0.05) is 17.4 Å². The predicted octanol–water partition coefficient (Wildman–Crippen LogP) is 2.93. The van der Waals surface area contributed by atoms with Crippen molar-refractivity contribution in [2.45, 2.75) is 0 Å². The summed E-state index contributed by atoms with van der Waals surface area (Å²) in [5.74, 6) is 1.17. The molecule has 0 radical (unpaired) electrons. The lowest BCUT2D eigenvalue weighted by Crippen LogP contribution is -2.19. The number of anilines is 3. The number of ether oxygens (including phenoxy) is 2. The quantitative estimate of drug-likeness (QED) is 0.755. The highest BCUT2D eigenvalue weighted by Gasteiger charge is 2.09. The highest BCUT2D eigenvalue weighted by Crippen LogP contribution is 2.29. The predicted molar refractivity (Wildman–Crippen MR) is 83.0 cm³/mol. The van der Waals surface area contributed by atoms with Crippen LogP contribution in [0.25, 0.3) is 0 Å². The van der Waals surface area contributed by atoms with Gasteiger partial charge >= 0.3 is 6.03 Å². The lowest BCUT2D eigenvalue weighted by molar-refractivity contribution is 0.262. The fraction of sp³-hybridized carbons (Fsp3) is 0.133. The summed E-state index contributed by atoms with van der Waals surface area (Å²) in [6.07, 6.45) is 0. The number of amides is 2. The molecule has 6 nitrogen and oxygen atoms in total. The summed E-state index contributed by atoms with van der Waals surface area (Å²) in [7, 11) is 3.09. The molecular formula is C15H17N3O3. The Kier molecular flexibility index (Phi) is 4.50. The molecule has 0 atom stereocenters. The number of carbonyl (C=O) groups is 1. The minimum atomic E-state index is -0.383. The Morgan fingerprint density at radius 3 is 2.33 bits per heavy atom. The molecule has 0 bridgehead atoms. The standard InChI is InChI=1S/C15H17N3O3/c1-20-12-7-8-14(21-2)13(9-12)18-15(19)17-11-5-3-10(16)4-6-11/h3-9H,16H2,1-2H3,(H2,17,18,19). The molecule has 0 fully saturated rings. The Bertz CT molecular complexity index is 627. The molecule has 6 heteroatoms. The SMILES string of the molecule is COc1ccc(OC)c(NC(=O)Nc2ccc(N)cc2)c1. The van der Waals surface area contributed by atoms with Crippen LogP contribution < -0.4 is 25.8 Å². The first-order valence-electron chi connectivity index (χ1n) is 6.28. The van der Waals surface area contributed by atoms with E-state index in [0.717, 1.165) is 0 Å². The van der Waals surface area contributed by atoms with Crippen molar-refractivity contribution in [1.82, 2.24) is 0 Å². The van der Waals surface area contributed by atoms with Crippen LogP contribution in [-0.2, 0) is 0 Å². The zero-order valence-electron chi connectivity index (χ0n) is 11.8. The van der Waals surface area contributed by atoms with E-state index >= 15 is 0 Å². The Balaban J connectivity index is 2.09. The molecule has 2 aromatic carbocycles. The highest BCUT2D eigenvalue weighted by atomic mass is 16.5. The van der Waals surface area contributed by atoms with Crippen molar-refractivity contribution < 1.29 is 14.3 Å². The summed E-state index contributed by atoms with van der Waals surface area (Å²) in [5.41, 5.74) is 7.39. The molecule has 0 aromatic heterocycles. The van der Waals surface area contributed by atoms with E-state index in [1.165, 1.54) is 7.11 Å². The van der Waals surface area contributed by atoms with Gasteiger partial charge in [0.1, 0.15) is 11.5 Å². The summed E-state index contributed by atoms with van der Waals surface area (Å²) in [5, 5.41) is 5.42. The molecule has 0 saturated carbocycles. The smallest absolute Gasteiger partial charge is 0.323 e. The zero-order chi connectivity index (χ0) is 15.2. The molecule has 2 rings (SSSR count). The van der Waals surface area contributed by atoms with Crippen molar-refractivity contribution in [2.75, 3.05) is 30.6 Å². The lowest BCUT2D eigenvalue weighted by Gasteiger charge is -2.12. The molecule has 4 N–H and O–H groups in total. The van der Waals surface area contributed by atoms with E-state index in [1.807, 2.05) is 0 Å². The maximum atomic E-state index is 12.0. The fourth-order valence-electron chi connectivity index (χ4n) is 1.76. The van der Waals surface area contributed by atoms with E-state index in [2.05, 4.69) is 10.6 Å². The molecule has 0 aliphatic heterocycles. The average molecular weight is 287 g/mol. The number of rotatable bonds is 4. The number of hydrogen-bond donors (Lipinski definition) is 3. The maximum Gasteiger partial charge on any atom is 0.323 e. The number of nitrogens with one attached hydrogen (secondary N) is 2. The third-order valence-corrected chi connectivity index (χ3v) is 2.82. The summed E-state index contributed by atoms with van der Waals surface area (Å²) in [6.45, 7) is 0. The van der Waals surface area contributed by atoms with Crippen LogP contribution in [0.3, 0.4) is 0 Å². The van der Waals surface area contributed by atoms with Crippen LogP contribution in [0.4, 0.5) is 21.9 Å². The molecule has 0 saturated heterocycles. The van der Waals surface area contributed by atoms with Crippen LogP contribution in [-0.4, -0.2) is 20.3 Å². The van der Waals surface area contributed by atoms with Gasteiger partial charge in [-0.15, -0.1) is 0 Å². The Morgan fingerprint density at radius 1 is 1.00 bits per heavy atom. The molecule has 21 heavy (non-hydrogen) atoms. The maximum absolute atomic E-state index is 12.0. The third kappa shape index (κ3) is 3.79. The second-order valence-corrected chi connectivity index (χ2v) is 4.27. The molecule has 2 aromatic rings. The van der Waals surface area contributed by atoms with Gasteiger partial charge in [-0.1, -0.05) is 0 Å². The zero-order valence-corrected chi connectivity index (χ0v) is 11.8. The first-order valence-corrected chi connectivity index (χ1v) is 6.28. The van der Waals surface area contributed by atoms with Gasteiger partial charge in [-0.2, -0.15) is 0 Å². The molecule has 0 heterocycles. The van der Waals surface area contributed by atoms with Gasteiger partial charge in [0.15, 0.2) is 0 Å². The summed E-state index contributed by atoms with van der Waals surface area (Å²) in [6, 6.07) is 11.6. The minimum Gasteiger partial charge on any atom is -0.497 e. The molecular weight excluding hydrogens is 270 g/mol. The number of benzene rings is 2. The third-order valence-electron chi connectivity index (χ3n) is 2.82. The van der Waals surface area contributed by atoms with Crippen LogP contribution in [0, 0.1) is 0 Å². The summed E-state index contributed by atoms with van der Waals surface area (Å²) < 4.78 is 10.3. The van der Waals surface area contributed by atoms with Crippen LogP contribution in [0.1, 0.15) is 0 Å². The van der Waals surface area contributed by atoms with E-state index in [0.29, 0.717) is 28.6 Å². The first-order chi connectivity index (χ1) is 10.1. The Labute approximate surface area is 122 Å². The van der Waals surface area contributed by atoms with Crippen LogP contribution in [0.2, 0.25) is 0 Å². The minimum absolute atomic E-state index is 0.383. The number of nitrogen functional groups attached to an aromatic ring is 1. The summed E-state index contributed by atoms with van der Waals surface area (Å²) in [4.78, 5) is 12.0. The van der Waals surface area contributed by atoms with Gasteiger partial charge < -0.3 is 25.8 Å². The van der Waals surface area contributed by atoms with Crippen molar-refractivity contribution in [3.8, 4) is 11.5 Å². The molecule has 0 unspecified atom stereocenters. The lowest BCUT2D eigenvalue weighted by atomic mass is 10.2. The normalized spacial score (nSPS) is 9.81. The number of urea groups is 1. The average Bonchev–Trinajstić information content (AvgIpc) is 2.49. The van der Waals surface area contributed by atoms with Crippen molar-refractivity contribution in [2.24, 2.45) is 0 Å². The molecule has 110 valence electrons. The van der Waals surface area contributed by atoms with E-state index in [1.54, 1.807) is 49.6 Å². The van der Waals surface area contributed by atoms with Crippen LogP contribution in [0.15, 0.2) is 42.5 Å². The number of hydrogen-bond acceptors (Lipinski definition) is 4. The van der Waals surface area contributed by atoms with Gasteiger partial charge in [0.2, 0.25) is 0 Å². The van der Waals surface area contributed by atoms with Crippen molar-refractivity contribution >= 4 is 23.1 Å². The highest BCUT2D eigenvalue weighted by molar-refractivity contribution is 6.00. The van der Waals surface area contributed by atoms with Crippen molar-refractivity contribution in [3.63, 3.8) is 0 Å². The fourth-order valence-corrected chi connectivity index (χ4v) is 1.76. The van der Waals surface area contributed by atoms with Crippen molar-refractivity contribution in [3.05, 3.63) is 42.5 Å². The van der Waals surface area contributed by atoms with Gasteiger partial charge in [-0.3, -0.25) is 0 Å². The van der Waals surface area contributed by atoms with E-state index in [-0.39, 0.29) is 6.03 Å². The van der Waals surface area contributed by atoms with Crippen LogP contribution in [0.5, 0.6) is 11.5 Å². The van der Waals surface area contributed by atoms with Gasteiger partial charge in [0.05, 0.1) is 19.9 Å². The Hall–Kier alpha value is -2.89. The number of carbonyl (C=O) groups excluding carboxylic acids is 1. The van der Waals surface area contributed by atoms with Crippen LogP contribution >= 0.6 is 0 Å². The van der Waals surface area contributed by atoms with Gasteiger partial charge in [-0.05, 0) is 36.4 Å². The van der Waals surface area contributed by atoms with Gasteiger partial charge in [0.25, 0.3) is 0 Å². The topological polar surface area (TPSA) is 85.6 Å².